The molecule has 3 N–H and O–H groups in total. The number of hydrogen-bond donors (Lipinski definition) is 3. The van der Waals surface area contributed by atoms with E-state index in [1.165, 1.54) is 0 Å². The highest BCUT2D eigenvalue weighted by Crippen LogP contribution is 2.51. The van der Waals surface area contributed by atoms with Crippen LogP contribution < -0.4 is 15.4 Å². The van der Waals surface area contributed by atoms with E-state index in [9.17, 15) is 13.3 Å². The van der Waals surface area contributed by atoms with Crippen LogP contribution in [0, 0.1) is 11.6 Å². The zero-order valence-electron chi connectivity index (χ0n) is 21.1. The first-order valence-corrected chi connectivity index (χ1v) is 14.1. The summed E-state index contributed by atoms with van der Waals surface area (Å²) in [5.74, 6) is -1.25. The first-order valence-electron chi connectivity index (χ1n) is 11.9. The number of halogens is 2. The van der Waals surface area contributed by atoms with Crippen LogP contribution in [0.25, 0.3) is 22.2 Å². The third kappa shape index (κ3) is 6.57. The van der Waals surface area contributed by atoms with E-state index in [2.05, 4.69) is 15.6 Å². The average molecular weight is 560 g/mol. The summed E-state index contributed by atoms with van der Waals surface area (Å²) in [5, 5.41) is 7.13. The Balaban J connectivity index is 1.48. The maximum absolute atomic E-state index is 13.6. The lowest BCUT2D eigenvalue weighted by atomic mass is 10.1. The monoisotopic (exact) mass is 559 g/mol. The van der Waals surface area contributed by atoms with Crippen LogP contribution in [0.4, 0.5) is 20.2 Å². The van der Waals surface area contributed by atoms with E-state index in [0.29, 0.717) is 46.4 Å². The fourth-order valence-electron chi connectivity index (χ4n) is 3.98. The maximum Gasteiger partial charge on any atom is 0.335 e. The Morgan fingerprint density at radius 3 is 2.29 bits per heavy atom. The van der Waals surface area contributed by atoms with Crippen molar-refractivity contribution < 1.29 is 27.1 Å². The Morgan fingerprint density at radius 2 is 1.63 bits per heavy atom. The lowest BCUT2D eigenvalue weighted by Crippen LogP contribution is -2.19. The molecule has 38 heavy (non-hydrogen) atoms. The molecule has 3 aromatic carbocycles. The van der Waals surface area contributed by atoms with Crippen molar-refractivity contribution in [3.63, 3.8) is 0 Å². The van der Waals surface area contributed by atoms with Gasteiger partial charge in [0.2, 0.25) is 0 Å². The maximum atomic E-state index is 13.6. The molecule has 0 radical (unpaired) electrons. The van der Waals surface area contributed by atoms with E-state index in [4.69, 9.17) is 26.0 Å². The van der Waals surface area contributed by atoms with Crippen LogP contribution in [0.15, 0.2) is 60.7 Å². The van der Waals surface area contributed by atoms with Gasteiger partial charge in [0.15, 0.2) is 16.7 Å². The second-order valence-electron chi connectivity index (χ2n) is 8.33. The topological polar surface area (TPSA) is 84.6 Å². The Hall–Kier alpha value is -3.30. The Bertz CT molecular complexity index is 1440. The molecule has 0 amide bonds. The molecule has 1 aromatic heterocycles. The van der Waals surface area contributed by atoms with Gasteiger partial charge in [-0.25, -0.2) is 8.78 Å². The van der Waals surface area contributed by atoms with Crippen LogP contribution in [0.5, 0.6) is 5.75 Å². The summed E-state index contributed by atoms with van der Waals surface area (Å²) in [4.78, 5) is 3.11. The van der Waals surface area contributed by atoms with E-state index < -0.39 is 19.2 Å². The smallest absolute Gasteiger partial charge is 0.335 e. The molecule has 11 heteroatoms. The van der Waals surface area contributed by atoms with Crippen LogP contribution >= 0.6 is 19.8 Å². The fraction of sp³-hybridized carbons (Fsp3) is 0.222. The highest BCUT2D eigenvalue weighted by Gasteiger charge is 2.24. The number of ether oxygens (including phenoxy) is 1. The lowest BCUT2D eigenvalue weighted by molar-refractivity contribution is 0.219. The molecule has 0 atom stereocenters. The summed E-state index contributed by atoms with van der Waals surface area (Å²) in [7, 11) is -1.65. The molecule has 1 heterocycles. The fourth-order valence-corrected chi connectivity index (χ4v) is 5.91. The van der Waals surface area contributed by atoms with Gasteiger partial charge in [-0.1, -0.05) is 12.1 Å². The Morgan fingerprint density at radius 1 is 0.947 bits per heavy atom. The zero-order chi connectivity index (χ0) is 27.3. The van der Waals surface area contributed by atoms with Crippen molar-refractivity contribution in [1.82, 2.24) is 4.98 Å². The van der Waals surface area contributed by atoms with Crippen molar-refractivity contribution >= 4 is 47.2 Å². The number of H-pyrrole nitrogens is 1. The van der Waals surface area contributed by atoms with Crippen LogP contribution in [0.1, 0.15) is 19.4 Å². The number of hydrogen-bond acceptors (Lipinski definition) is 5. The van der Waals surface area contributed by atoms with Crippen molar-refractivity contribution in [1.29, 1.82) is 0 Å². The number of rotatable bonds is 10. The van der Waals surface area contributed by atoms with E-state index in [0.717, 1.165) is 28.9 Å². The molecular weight excluding hydrogens is 531 g/mol. The largest absolute Gasteiger partial charge is 0.495 e. The number of nitrogens with one attached hydrogen (secondary N) is 3. The Labute approximate surface area is 225 Å². The first-order chi connectivity index (χ1) is 18.2. The Kier molecular flexibility index (Phi) is 8.79. The second-order valence-corrected chi connectivity index (χ2v) is 10.8. The number of fused-ring (bicyclic) bond motifs is 1. The van der Waals surface area contributed by atoms with Gasteiger partial charge in [-0.2, -0.15) is 0 Å². The third-order valence-electron chi connectivity index (χ3n) is 5.66. The van der Waals surface area contributed by atoms with Gasteiger partial charge in [0, 0.05) is 33.9 Å². The SMILES string of the molecule is CCOP(=O)(Cc1ccc(NC(=S)Nc2cc(-c3cc4cc(F)c(F)cc4[nH]3)ccc2OC)cc1)OCC. The molecule has 0 aliphatic heterocycles. The quantitative estimate of drug-likeness (QED) is 0.136. The number of thiocarbonyl (C=S) groups is 1. The van der Waals surface area contributed by atoms with Crippen LogP contribution in [-0.4, -0.2) is 30.4 Å². The standard InChI is InChI=1S/C27H28F2N3O4PS/c1-4-35-37(33,36-5-2)16-17-6-9-20(10-7-17)30-27(38)32-25-13-18(8-11-26(25)34-3)23-14-19-12-21(28)22(29)15-24(19)31-23/h6-15,31H,4-5,16H2,1-3H3,(H2,30,32,38). The number of methoxy groups -OCH3 is 1. The molecule has 0 aliphatic carbocycles. The van der Waals surface area contributed by atoms with Crippen molar-refractivity contribution in [3.8, 4) is 17.0 Å². The predicted molar refractivity (Wildman–Crippen MR) is 151 cm³/mol. The van der Waals surface area contributed by atoms with Gasteiger partial charge in [-0.15, -0.1) is 0 Å². The average Bonchev–Trinajstić information content (AvgIpc) is 3.28. The predicted octanol–water partition coefficient (Wildman–Crippen LogP) is 7.70. The van der Waals surface area contributed by atoms with Crippen LogP contribution in [0.3, 0.4) is 0 Å². The molecule has 4 aromatic rings. The summed E-state index contributed by atoms with van der Waals surface area (Å²) < 4.78 is 56.3. The van der Waals surface area contributed by atoms with Crippen molar-refractivity contribution in [2.75, 3.05) is 31.0 Å². The molecule has 0 bridgehead atoms. The van der Waals surface area contributed by atoms with Crippen LogP contribution in [-0.2, 0) is 19.8 Å². The van der Waals surface area contributed by atoms with Gasteiger partial charge < -0.3 is 29.4 Å². The highest BCUT2D eigenvalue weighted by atomic mass is 32.1. The van der Waals surface area contributed by atoms with E-state index >= 15 is 0 Å². The third-order valence-corrected chi connectivity index (χ3v) is 7.92. The molecule has 0 saturated carbocycles. The highest BCUT2D eigenvalue weighted by molar-refractivity contribution is 7.80. The molecule has 200 valence electrons. The minimum atomic E-state index is -3.20. The summed E-state index contributed by atoms with van der Waals surface area (Å²) in [6.45, 7) is 4.16. The van der Waals surface area contributed by atoms with Crippen molar-refractivity contribution in [2.24, 2.45) is 0 Å². The second kappa shape index (κ2) is 12.0. The number of anilines is 2. The number of benzene rings is 3. The summed E-state index contributed by atoms with van der Waals surface area (Å²) >= 11 is 5.50. The normalized spacial score (nSPS) is 11.5. The molecule has 4 rings (SSSR count). The van der Waals surface area contributed by atoms with Gasteiger partial charge in [-0.3, -0.25) is 4.57 Å². The van der Waals surface area contributed by atoms with Gasteiger partial charge in [-0.05, 0) is 74.1 Å². The van der Waals surface area contributed by atoms with Crippen LogP contribution in [0.2, 0.25) is 0 Å². The van der Waals surface area contributed by atoms with Gasteiger partial charge >= 0.3 is 7.60 Å². The van der Waals surface area contributed by atoms with E-state index in [1.807, 2.05) is 36.4 Å². The molecule has 7 nitrogen and oxygen atoms in total. The van der Waals surface area contributed by atoms with Crippen molar-refractivity contribution in [2.45, 2.75) is 20.0 Å². The van der Waals surface area contributed by atoms with E-state index in [-0.39, 0.29) is 6.16 Å². The minimum absolute atomic E-state index is 0.175. The molecule has 0 saturated heterocycles. The molecule has 0 spiro atoms. The first kappa shape index (κ1) is 27.7. The van der Waals surface area contributed by atoms with E-state index in [1.54, 1.807) is 33.1 Å². The number of aromatic amines is 1. The van der Waals surface area contributed by atoms with Gasteiger partial charge in [0.25, 0.3) is 0 Å². The minimum Gasteiger partial charge on any atom is -0.495 e. The lowest BCUT2D eigenvalue weighted by Gasteiger charge is -2.17. The molecule has 0 aliphatic rings. The van der Waals surface area contributed by atoms with Crippen molar-refractivity contribution in [3.05, 3.63) is 77.9 Å². The molecule has 0 unspecified atom stereocenters. The number of aromatic nitrogens is 1. The van der Waals surface area contributed by atoms with Gasteiger partial charge in [0.05, 0.1) is 32.2 Å². The van der Waals surface area contributed by atoms with Gasteiger partial charge in [0.1, 0.15) is 5.75 Å². The molecular formula is C27H28F2N3O4PS. The zero-order valence-corrected chi connectivity index (χ0v) is 22.9. The molecule has 0 fully saturated rings. The summed E-state index contributed by atoms with van der Waals surface area (Å²) in [6, 6.07) is 16.8. The summed E-state index contributed by atoms with van der Waals surface area (Å²) in [5.41, 5.74) is 4.08. The summed E-state index contributed by atoms with van der Waals surface area (Å²) in [6.07, 6.45) is 0.175.